The minimum Gasteiger partial charge on any atom is -0.378 e. The van der Waals surface area contributed by atoms with Crippen molar-refractivity contribution in [3.8, 4) is 21.8 Å². The number of carbonyl (C=O) groups excluding carboxylic acids is 1. The van der Waals surface area contributed by atoms with Gasteiger partial charge in [0.15, 0.2) is 0 Å². The number of carbonyl (C=O) groups is 1. The summed E-state index contributed by atoms with van der Waals surface area (Å²) in [5, 5.41) is 5.11. The number of imidazole rings is 1. The van der Waals surface area contributed by atoms with Crippen molar-refractivity contribution in [2.45, 2.75) is 6.18 Å². The first kappa shape index (κ1) is 21.5. The van der Waals surface area contributed by atoms with Crippen LogP contribution in [0.25, 0.3) is 26.8 Å². The van der Waals surface area contributed by atoms with Gasteiger partial charge >= 0.3 is 6.18 Å². The summed E-state index contributed by atoms with van der Waals surface area (Å²) in [6.07, 6.45) is -3.33. The molecular formula is C22H16F4N4O2S. The Bertz CT molecular complexity index is 1320. The Hall–Kier alpha value is -3.31. The van der Waals surface area contributed by atoms with Crippen molar-refractivity contribution < 1.29 is 27.1 Å². The zero-order valence-electron chi connectivity index (χ0n) is 17.0. The average molecular weight is 476 g/mol. The van der Waals surface area contributed by atoms with Gasteiger partial charge in [0, 0.05) is 29.8 Å². The first-order valence-corrected chi connectivity index (χ1v) is 10.8. The van der Waals surface area contributed by atoms with Crippen molar-refractivity contribution in [1.82, 2.24) is 19.5 Å². The Kier molecular flexibility index (Phi) is 5.37. The second-order valence-corrected chi connectivity index (χ2v) is 8.38. The molecule has 1 aliphatic rings. The number of benzene rings is 2. The Morgan fingerprint density at radius 3 is 2.39 bits per heavy atom. The van der Waals surface area contributed by atoms with Gasteiger partial charge in [-0.15, -0.1) is 0 Å². The Balaban J connectivity index is 1.42. The fourth-order valence-corrected chi connectivity index (χ4v) is 4.50. The van der Waals surface area contributed by atoms with Crippen LogP contribution < -0.4 is 0 Å². The maximum absolute atomic E-state index is 14.0. The number of fused-ring (bicyclic) bond motifs is 1. The fraction of sp³-hybridized carbons (Fsp3) is 0.227. The van der Waals surface area contributed by atoms with E-state index in [0.29, 0.717) is 53.6 Å². The lowest BCUT2D eigenvalue weighted by Crippen LogP contribution is -2.40. The molecule has 4 aromatic rings. The van der Waals surface area contributed by atoms with E-state index >= 15 is 0 Å². The number of morpholine rings is 1. The molecule has 5 rings (SSSR count). The summed E-state index contributed by atoms with van der Waals surface area (Å²) in [5.41, 5.74) is 0.602. The highest BCUT2D eigenvalue weighted by Gasteiger charge is 2.34. The molecule has 0 unspecified atom stereocenters. The zero-order chi connectivity index (χ0) is 23.2. The zero-order valence-corrected chi connectivity index (χ0v) is 17.8. The van der Waals surface area contributed by atoms with E-state index in [0.717, 1.165) is 11.6 Å². The lowest BCUT2D eigenvalue weighted by Gasteiger charge is -2.26. The molecule has 0 spiro atoms. The number of hydrogen-bond donors (Lipinski definition) is 0. The SMILES string of the molecule is O=C(c1ccc(-c2nn3c(-c4ccc(C(F)(F)F)c(F)c4)cnc3s2)cc1)N1CCOCC1. The molecule has 11 heteroatoms. The van der Waals surface area contributed by atoms with Crippen LogP contribution in [0.5, 0.6) is 0 Å². The third-order valence-corrected chi connectivity index (χ3v) is 6.30. The van der Waals surface area contributed by atoms with Gasteiger partial charge in [-0.3, -0.25) is 4.79 Å². The van der Waals surface area contributed by atoms with Gasteiger partial charge in [0.05, 0.1) is 30.7 Å². The van der Waals surface area contributed by atoms with Gasteiger partial charge < -0.3 is 9.64 Å². The highest BCUT2D eigenvalue weighted by Crippen LogP contribution is 2.34. The number of halogens is 4. The summed E-state index contributed by atoms with van der Waals surface area (Å²) in [5.74, 6) is -1.42. The smallest absolute Gasteiger partial charge is 0.378 e. The second kappa shape index (κ2) is 8.23. The van der Waals surface area contributed by atoms with Crippen molar-refractivity contribution in [2.75, 3.05) is 26.3 Å². The molecule has 0 aliphatic carbocycles. The molecule has 2 aromatic heterocycles. The van der Waals surface area contributed by atoms with Gasteiger partial charge in [-0.05, 0) is 24.3 Å². The summed E-state index contributed by atoms with van der Waals surface area (Å²) in [7, 11) is 0. The minimum atomic E-state index is -4.77. The normalized spacial score (nSPS) is 14.7. The third kappa shape index (κ3) is 4.09. The molecule has 33 heavy (non-hydrogen) atoms. The summed E-state index contributed by atoms with van der Waals surface area (Å²) in [6.45, 7) is 2.15. The number of aromatic nitrogens is 3. The van der Waals surface area contributed by atoms with Crippen LogP contribution in [-0.2, 0) is 10.9 Å². The molecule has 1 saturated heterocycles. The van der Waals surface area contributed by atoms with Crippen LogP contribution in [0.3, 0.4) is 0 Å². The quantitative estimate of drug-likeness (QED) is 0.401. The highest BCUT2D eigenvalue weighted by molar-refractivity contribution is 7.19. The van der Waals surface area contributed by atoms with E-state index in [9.17, 15) is 22.4 Å². The van der Waals surface area contributed by atoms with Crippen molar-refractivity contribution in [1.29, 1.82) is 0 Å². The molecule has 1 amide bonds. The first-order chi connectivity index (χ1) is 15.8. The van der Waals surface area contributed by atoms with Crippen molar-refractivity contribution in [3.05, 3.63) is 65.6 Å². The van der Waals surface area contributed by atoms with Crippen LogP contribution in [0.1, 0.15) is 15.9 Å². The maximum atomic E-state index is 14.0. The Morgan fingerprint density at radius 2 is 1.73 bits per heavy atom. The molecule has 0 atom stereocenters. The predicted octanol–water partition coefficient (Wildman–Crippen LogP) is 4.76. The Labute approximate surface area is 189 Å². The maximum Gasteiger partial charge on any atom is 0.419 e. The van der Waals surface area contributed by atoms with E-state index in [1.54, 1.807) is 29.2 Å². The standard InChI is InChI=1S/C22H16F4N4O2S/c23-17-11-15(5-6-16(17)22(24,25)26)18-12-27-21-30(18)28-19(33-21)13-1-3-14(4-2-13)20(31)29-7-9-32-10-8-29/h1-6,11-12H,7-10H2. The molecule has 1 fully saturated rings. The van der Waals surface area contributed by atoms with Crippen LogP contribution >= 0.6 is 11.3 Å². The number of hydrogen-bond acceptors (Lipinski definition) is 5. The molecule has 1 aliphatic heterocycles. The van der Waals surface area contributed by atoms with E-state index in [-0.39, 0.29) is 11.5 Å². The first-order valence-electron chi connectivity index (χ1n) is 10.0. The summed E-state index contributed by atoms with van der Waals surface area (Å²) in [4.78, 5) is 19.1. The molecule has 170 valence electrons. The lowest BCUT2D eigenvalue weighted by atomic mass is 10.1. The van der Waals surface area contributed by atoms with Gasteiger partial charge in [-0.2, -0.15) is 18.3 Å². The molecule has 0 bridgehead atoms. The van der Waals surface area contributed by atoms with Gasteiger partial charge in [-0.1, -0.05) is 29.5 Å². The van der Waals surface area contributed by atoms with Gasteiger partial charge in [-0.25, -0.2) is 13.9 Å². The van der Waals surface area contributed by atoms with Crippen LogP contribution in [0.2, 0.25) is 0 Å². The summed E-state index contributed by atoms with van der Waals surface area (Å²) >= 11 is 1.27. The summed E-state index contributed by atoms with van der Waals surface area (Å²) in [6, 6.07) is 9.75. The van der Waals surface area contributed by atoms with Gasteiger partial charge in [0.25, 0.3) is 5.91 Å². The number of rotatable bonds is 3. The van der Waals surface area contributed by atoms with E-state index in [1.165, 1.54) is 28.1 Å². The van der Waals surface area contributed by atoms with Crippen molar-refractivity contribution >= 4 is 22.2 Å². The second-order valence-electron chi connectivity index (χ2n) is 7.42. The molecule has 2 aromatic carbocycles. The monoisotopic (exact) mass is 476 g/mol. The molecule has 6 nitrogen and oxygen atoms in total. The van der Waals surface area contributed by atoms with E-state index in [1.807, 2.05) is 0 Å². The minimum absolute atomic E-state index is 0.0644. The van der Waals surface area contributed by atoms with Gasteiger partial charge in [0.2, 0.25) is 4.96 Å². The molecule has 0 saturated carbocycles. The topological polar surface area (TPSA) is 59.7 Å². The fourth-order valence-electron chi connectivity index (χ4n) is 3.61. The van der Waals surface area contributed by atoms with Crippen LogP contribution in [0.15, 0.2) is 48.7 Å². The average Bonchev–Trinajstić information content (AvgIpc) is 3.39. The summed E-state index contributed by atoms with van der Waals surface area (Å²) < 4.78 is 59.3. The number of amides is 1. The van der Waals surface area contributed by atoms with Gasteiger partial charge in [0.1, 0.15) is 10.8 Å². The molecule has 0 N–H and O–H groups in total. The molecule has 0 radical (unpaired) electrons. The number of nitrogens with zero attached hydrogens (tertiary/aromatic N) is 4. The van der Waals surface area contributed by atoms with Crippen molar-refractivity contribution in [3.63, 3.8) is 0 Å². The largest absolute Gasteiger partial charge is 0.419 e. The van der Waals surface area contributed by atoms with E-state index < -0.39 is 17.6 Å². The van der Waals surface area contributed by atoms with Crippen LogP contribution in [0.4, 0.5) is 17.6 Å². The lowest BCUT2D eigenvalue weighted by molar-refractivity contribution is -0.139. The van der Waals surface area contributed by atoms with Crippen molar-refractivity contribution in [2.24, 2.45) is 0 Å². The van der Waals surface area contributed by atoms with Crippen LogP contribution in [0, 0.1) is 5.82 Å². The predicted molar refractivity (Wildman–Crippen MR) is 113 cm³/mol. The third-order valence-electron chi connectivity index (χ3n) is 5.33. The highest BCUT2D eigenvalue weighted by atomic mass is 32.1. The van der Waals surface area contributed by atoms with E-state index in [4.69, 9.17) is 4.74 Å². The van der Waals surface area contributed by atoms with Crippen LogP contribution in [-0.4, -0.2) is 51.7 Å². The Morgan fingerprint density at radius 1 is 1.03 bits per heavy atom. The van der Waals surface area contributed by atoms with E-state index in [2.05, 4.69) is 10.1 Å². The number of ether oxygens (including phenoxy) is 1. The molecular weight excluding hydrogens is 460 g/mol. The number of alkyl halides is 3. The molecule has 3 heterocycles.